The van der Waals surface area contributed by atoms with E-state index in [4.69, 9.17) is 0 Å². The molecular formula is C11H17N3O. The number of anilines is 1. The van der Waals surface area contributed by atoms with Gasteiger partial charge in [0, 0.05) is 25.5 Å². The van der Waals surface area contributed by atoms with Crippen molar-refractivity contribution in [2.45, 2.75) is 13.8 Å². The molecule has 0 saturated carbocycles. The van der Waals surface area contributed by atoms with Gasteiger partial charge >= 0.3 is 0 Å². The molecule has 0 aliphatic carbocycles. The Hall–Kier alpha value is -1.58. The van der Waals surface area contributed by atoms with Gasteiger partial charge in [0.2, 0.25) is 0 Å². The highest BCUT2D eigenvalue weighted by molar-refractivity contribution is 5.93. The molecule has 1 aromatic rings. The Balaban J connectivity index is 2.65. The number of pyridine rings is 1. The first-order valence-corrected chi connectivity index (χ1v) is 5.05. The third kappa shape index (κ3) is 3.58. The number of carbonyl (C=O) groups excluding carboxylic acids is 1. The molecular weight excluding hydrogens is 190 g/mol. The number of aromatic nitrogens is 1. The number of amides is 1. The minimum Gasteiger partial charge on any atom is -0.388 e. The number of carbonyl (C=O) groups is 1. The molecule has 82 valence electrons. The first-order valence-electron chi connectivity index (χ1n) is 5.05. The van der Waals surface area contributed by atoms with Gasteiger partial charge in [-0.05, 0) is 18.1 Å². The molecule has 0 unspecified atom stereocenters. The van der Waals surface area contributed by atoms with E-state index in [2.05, 4.69) is 29.5 Å². The minimum absolute atomic E-state index is 0.124. The highest BCUT2D eigenvalue weighted by atomic mass is 16.1. The molecule has 4 nitrogen and oxygen atoms in total. The Morgan fingerprint density at radius 3 is 2.87 bits per heavy atom. The van der Waals surface area contributed by atoms with Gasteiger partial charge in [0.15, 0.2) is 0 Å². The van der Waals surface area contributed by atoms with Gasteiger partial charge < -0.3 is 10.6 Å². The van der Waals surface area contributed by atoms with E-state index < -0.39 is 0 Å². The van der Waals surface area contributed by atoms with Crippen LogP contribution in [0, 0.1) is 5.92 Å². The second kappa shape index (κ2) is 5.34. The smallest absolute Gasteiger partial charge is 0.269 e. The summed E-state index contributed by atoms with van der Waals surface area (Å²) >= 11 is 0. The Morgan fingerprint density at radius 1 is 1.53 bits per heavy atom. The van der Waals surface area contributed by atoms with Crippen LogP contribution in [-0.2, 0) is 0 Å². The maximum atomic E-state index is 11.6. The molecule has 4 heteroatoms. The molecule has 0 bridgehead atoms. The zero-order valence-electron chi connectivity index (χ0n) is 9.37. The average Bonchev–Trinajstić information content (AvgIpc) is 2.26. The molecule has 0 fully saturated rings. The summed E-state index contributed by atoms with van der Waals surface area (Å²) in [7, 11) is 1.81. The fourth-order valence-electron chi connectivity index (χ4n) is 1.10. The molecule has 0 saturated heterocycles. The Bertz CT molecular complexity index is 336. The van der Waals surface area contributed by atoms with Crippen LogP contribution in [0.4, 0.5) is 5.69 Å². The summed E-state index contributed by atoms with van der Waals surface area (Å²) in [5.41, 5.74) is 1.34. The first-order chi connectivity index (χ1) is 7.13. The molecule has 2 N–H and O–H groups in total. The molecule has 0 aromatic carbocycles. The van der Waals surface area contributed by atoms with Crippen LogP contribution in [0.5, 0.6) is 0 Å². The number of rotatable bonds is 4. The summed E-state index contributed by atoms with van der Waals surface area (Å²) in [6, 6.07) is 3.55. The van der Waals surface area contributed by atoms with E-state index in [1.807, 2.05) is 13.1 Å². The SMILES string of the molecule is CNc1ccnc(C(=O)NCC(C)C)c1. The van der Waals surface area contributed by atoms with Crippen molar-refractivity contribution in [1.82, 2.24) is 10.3 Å². The normalized spacial score (nSPS) is 10.1. The summed E-state index contributed by atoms with van der Waals surface area (Å²) in [6.07, 6.45) is 1.62. The van der Waals surface area contributed by atoms with Crippen LogP contribution >= 0.6 is 0 Å². The average molecular weight is 207 g/mol. The Morgan fingerprint density at radius 2 is 2.27 bits per heavy atom. The fourth-order valence-corrected chi connectivity index (χ4v) is 1.10. The van der Waals surface area contributed by atoms with Gasteiger partial charge in [-0.25, -0.2) is 0 Å². The standard InChI is InChI=1S/C11H17N3O/c1-8(2)7-14-11(15)10-6-9(12-3)4-5-13-10/h4-6,8H,7H2,1-3H3,(H,12,13)(H,14,15). The van der Waals surface area contributed by atoms with Crippen LogP contribution in [0.2, 0.25) is 0 Å². The van der Waals surface area contributed by atoms with Gasteiger partial charge in [-0.15, -0.1) is 0 Å². The lowest BCUT2D eigenvalue weighted by Crippen LogP contribution is -2.28. The van der Waals surface area contributed by atoms with Gasteiger partial charge in [-0.2, -0.15) is 0 Å². The summed E-state index contributed by atoms with van der Waals surface area (Å²) in [4.78, 5) is 15.6. The molecule has 15 heavy (non-hydrogen) atoms. The molecule has 0 aliphatic heterocycles. The second-order valence-corrected chi connectivity index (χ2v) is 3.78. The summed E-state index contributed by atoms with van der Waals surface area (Å²) in [6.45, 7) is 4.78. The number of nitrogens with one attached hydrogen (secondary N) is 2. The van der Waals surface area contributed by atoms with Crippen LogP contribution in [0.15, 0.2) is 18.3 Å². The van der Waals surface area contributed by atoms with E-state index in [9.17, 15) is 4.79 Å². The number of nitrogens with zero attached hydrogens (tertiary/aromatic N) is 1. The molecule has 1 heterocycles. The quantitative estimate of drug-likeness (QED) is 0.786. The lowest BCUT2D eigenvalue weighted by molar-refractivity contribution is 0.0944. The van der Waals surface area contributed by atoms with Crippen LogP contribution in [0.1, 0.15) is 24.3 Å². The van der Waals surface area contributed by atoms with Crippen LogP contribution < -0.4 is 10.6 Å². The zero-order valence-corrected chi connectivity index (χ0v) is 9.37. The zero-order chi connectivity index (χ0) is 11.3. The molecule has 0 atom stereocenters. The maximum Gasteiger partial charge on any atom is 0.269 e. The maximum absolute atomic E-state index is 11.6. The van der Waals surface area contributed by atoms with Crippen molar-refractivity contribution in [3.63, 3.8) is 0 Å². The minimum atomic E-state index is -0.124. The molecule has 0 spiro atoms. The Labute approximate surface area is 90.1 Å². The second-order valence-electron chi connectivity index (χ2n) is 3.78. The Kier molecular flexibility index (Phi) is 4.09. The van der Waals surface area contributed by atoms with Crippen molar-refractivity contribution in [2.24, 2.45) is 5.92 Å². The highest BCUT2D eigenvalue weighted by Crippen LogP contribution is 2.06. The van der Waals surface area contributed by atoms with Gasteiger partial charge in [0.1, 0.15) is 5.69 Å². The van der Waals surface area contributed by atoms with Gasteiger partial charge in [-0.1, -0.05) is 13.8 Å². The first kappa shape index (κ1) is 11.5. The van der Waals surface area contributed by atoms with Crippen molar-refractivity contribution >= 4 is 11.6 Å². The van der Waals surface area contributed by atoms with Gasteiger partial charge in [0.05, 0.1) is 0 Å². The van der Waals surface area contributed by atoms with E-state index in [0.29, 0.717) is 18.2 Å². The third-order valence-corrected chi connectivity index (χ3v) is 1.95. The molecule has 0 aliphatic rings. The van der Waals surface area contributed by atoms with E-state index in [-0.39, 0.29) is 5.91 Å². The monoisotopic (exact) mass is 207 g/mol. The number of hydrogen-bond donors (Lipinski definition) is 2. The molecule has 1 amide bonds. The predicted octanol–water partition coefficient (Wildman–Crippen LogP) is 1.51. The van der Waals surface area contributed by atoms with E-state index in [1.54, 1.807) is 12.3 Å². The fraction of sp³-hybridized carbons (Fsp3) is 0.455. The van der Waals surface area contributed by atoms with Crippen LogP contribution in [0.3, 0.4) is 0 Å². The van der Waals surface area contributed by atoms with Gasteiger partial charge in [-0.3, -0.25) is 9.78 Å². The van der Waals surface area contributed by atoms with Crippen molar-refractivity contribution < 1.29 is 4.79 Å². The van der Waals surface area contributed by atoms with Crippen molar-refractivity contribution in [2.75, 3.05) is 18.9 Å². The summed E-state index contributed by atoms with van der Waals surface area (Å²) in [5.74, 6) is 0.322. The topological polar surface area (TPSA) is 54.0 Å². The van der Waals surface area contributed by atoms with E-state index in [0.717, 1.165) is 5.69 Å². The summed E-state index contributed by atoms with van der Waals surface area (Å²) < 4.78 is 0. The lowest BCUT2D eigenvalue weighted by atomic mass is 10.2. The van der Waals surface area contributed by atoms with Crippen molar-refractivity contribution in [3.8, 4) is 0 Å². The van der Waals surface area contributed by atoms with E-state index in [1.165, 1.54) is 0 Å². The van der Waals surface area contributed by atoms with Gasteiger partial charge in [0.25, 0.3) is 5.91 Å². The van der Waals surface area contributed by atoms with E-state index >= 15 is 0 Å². The summed E-state index contributed by atoms with van der Waals surface area (Å²) in [5, 5.41) is 5.79. The largest absolute Gasteiger partial charge is 0.388 e. The lowest BCUT2D eigenvalue weighted by Gasteiger charge is -2.07. The molecule has 1 rings (SSSR count). The number of hydrogen-bond acceptors (Lipinski definition) is 3. The van der Waals surface area contributed by atoms with Crippen molar-refractivity contribution in [1.29, 1.82) is 0 Å². The molecule has 0 radical (unpaired) electrons. The predicted molar refractivity (Wildman–Crippen MR) is 61.0 cm³/mol. The highest BCUT2D eigenvalue weighted by Gasteiger charge is 2.07. The van der Waals surface area contributed by atoms with Crippen LogP contribution in [0.25, 0.3) is 0 Å². The third-order valence-electron chi connectivity index (χ3n) is 1.95. The van der Waals surface area contributed by atoms with Crippen LogP contribution in [-0.4, -0.2) is 24.5 Å². The molecule has 1 aromatic heterocycles. The van der Waals surface area contributed by atoms with Crippen molar-refractivity contribution in [3.05, 3.63) is 24.0 Å².